The van der Waals surface area contributed by atoms with Crippen LogP contribution in [0.1, 0.15) is 18.1 Å². The molecule has 1 unspecified atom stereocenters. The van der Waals surface area contributed by atoms with E-state index in [1.165, 1.54) is 11.1 Å². The number of benzene rings is 1. The first-order chi connectivity index (χ1) is 6.76. The number of ether oxygens (including phenoxy) is 1. The normalized spacial score (nSPS) is 25.9. The van der Waals surface area contributed by atoms with Crippen LogP contribution in [0.3, 0.4) is 0 Å². The summed E-state index contributed by atoms with van der Waals surface area (Å²) in [4.78, 5) is 0. The second kappa shape index (κ2) is 3.71. The maximum atomic E-state index is 5.28. The van der Waals surface area contributed by atoms with Crippen molar-refractivity contribution in [2.45, 2.75) is 18.9 Å². The first-order valence-corrected chi connectivity index (χ1v) is 5.08. The van der Waals surface area contributed by atoms with Crippen LogP contribution in [0, 0.1) is 0 Å². The Bertz CT molecular complexity index is 324. The fourth-order valence-electron chi connectivity index (χ4n) is 2.26. The summed E-state index contributed by atoms with van der Waals surface area (Å²) < 4.78 is 5.28. The molecule has 2 rings (SSSR count). The quantitative estimate of drug-likeness (QED) is 0.768. The van der Waals surface area contributed by atoms with Crippen LogP contribution in [0.4, 0.5) is 0 Å². The van der Waals surface area contributed by atoms with Gasteiger partial charge in [0.25, 0.3) is 0 Å². The smallest absolute Gasteiger partial charge is 0.0683 e. The van der Waals surface area contributed by atoms with Crippen molar-refractivity contribution in [3.05, 3.63) is 35.4 Å². The van der Waals surface area contributed by atoms with Crippen LogP contribution in [0.5, 0.6) is 0 Å². The summed E-state index contributed by atoms with van der Waals surface area (Å²) >= 11 is 0. The van der Waals surface area contributed by atoms with Gasteiger partial charge in [0.1, 0.15) is 0 Å². The zero-order valence-corrected chi connectivity index (χ0v) is 8.84. The molecule has 1 aromatic rings. The van der Waals surface area contributed by atoms with E-state index in [2.05, 4.69) is 36.5 Å². The van der Waals surface area contributed by atoms with Crippen LogP contribution >= 0.6 is 0 Å². The summed E-state index contributed by atoms with van der Waals surface area (Å²) in [7, 11) is 1.75. The topological polar surface area (TPSA) is 21.3 Å². The Balaban J connectivity index is 2.39. The molecule has 0 saturated heterocycles. The Labute approximate surface area is 85.3 Å². The van der Waals surface area contributed by atoms with Crippen molar-refractivity contribution in [3.8, 4) is 0 Å². The fraction of sp³-hybridized carbons (Fsp3) is 0.500. The minimum atomic E-state index is -0.0103. The summed E-state index contributed by atoms with van der Waals surface area (Å²) in [6, 6.07) is 8.61. The maximum Gasteiger partial charge on any atom is 0.0683 e. The number of rotatable bonds is 2. The molecule has 2 nitrogen and oxygen atoms in total. The van der Waals surface area contributed by atoms with Gasteiger partial charge in [-0.25, -0.2) is 0 Å². The Morgan fingerprint density at radius 3 is 3.00 bits per heavy atom. The Morgan fingerprint density at radius 1 is 1.43 bits per heavy atom. The van der Waals surface area contributed by atoms with E-state index in [4.69, 9.17) is 4.74 Å². The lowest BCUT2D eigenvalue weighted by atomic mass is 9.84. The molecule has 1 aliphatic heterocycles. The summed E-state index contributed by atoms with van der Waals surface area (Å²) in [5, 5.41) is 3.53. The summed E-state index contributed by atoms with van der Waals surface area (Å²) in [5.41, 5.74) is 2.82. The van der Waals surface area contributed by atoms with E-state index < -0.39 is 0 Å². The molecule has 0 spiro atoms. The van der Waals surface area contributed by atoms with Gasteiger partial charge in [0.15, 0.2) is 0 Å². The average Bonchev–Trinajstić information content (AvgIpc) is 2.19. The number of hydrogen-bond donors (Lipinski definition) is 1. The van der Waals surface area contributed by atoms with Gasteiger partial charge in [-0.15, -0.1) is 0 Å². The van der Waals surface area contributed by atoms with Gasteiger partial charge in [-0.2, -0.15) is 0 Å². The highest BCUT2D eigenvalue weighted by atomic mass is 16.5. The monoisotopic (exact) mass is 191 g/mol. The predicted molar refractivity (Wildman–Crippen MR) is 57.4 cm³/mol. The Morgan fingerprint density at radius 2 is 2.21 bits per heavy atom. The molecule has 0 aliphatic carbocycles. The lowest BCUT2D eigenvalue weighted by Gasteiger charge is -2.36. The first-order valence-electron chi connectivity index (χ1n) is 5.08. The molecule has 1 aliphatic rings. The third kappa shape index (κ3) is 1.56. The van der Waals surface area contributed by atoms with Crippen LogP contribution in [-0.4, -0.2) is 20.3 Å². The molecule has 14 heavy (non-hydrogen) atoms. The summed E-state index contributed by atoms with van der Waals surface area (Å²) in [6.45, 7) is 3.97. The Kier molecular flexibility index (Phi) is 2.57. The van der Waals surface area contributed by atoms with Gasteiger partial charge in [-0.1, -0.05) is 24.3 Å². The van der Waals surface area contributed by atoms with Crippen molar-refractivity contribution in [2.24, 2.45) is 0 Å². The lowest BCUT2D eigenvalue weighted by molar-refractivity contribution is 0.114. The molecule has 2 heteroatoms. The van der Waals surface area contributed by atoms with Gasteiger partial charge in [-0.3, -0.25) is 0 Å². The predicted octanol–water partition coefficient (Wildman–Crippen LogP) is 1.69. The third-order valence-electron chi connectivity index (χ3n) is 2.95. The SMILES string of the molecule is COCC1(C)NCCc2ccccc21. The van der Waals surface area contributed by atoms with Crippen LogP contribution in [0.2, 0.25) is 0 Å². The van der Waals surface area contributed by atoms with E-state index in [9.17, 15) is 0 Å². The van der Waals surface area contributed by atoms with Crippen molar-refractivity contribution in [1.82, 2.24) is 5.32 Å². The summed E-state index contributed by atoms with van der Waals surface area (Å²) in [5.74, 6) is 0. The van der Waals surface area contributed by atoms with Gasteiger partial charge < -0.3 is 10.1 Å². The van der Waals surface area contributed by atoms with Gasteiger partial charge >= 0.3 is 0 Å². The number of methoxy groups -OCH3 is 1. The zero-order chi connectivity index (χ0) is 10.0. The molecular weight excluding hydrogens is 174 g/mol. The van der Waals surface area contributed by atoms with Crippen molar-refractivity contribution in [1.29, 1.82) is 0 Å². The average molecular weight is 191 g/mol. The molecule has 0 fully saturated rings. The van der Waals surface area contributed by atoms with Crippen LogP contribution in [0.15, 0.2) is 24.3 Å². The number of nitrogens with one attached hydrogen (secondary N) is 1. The van der Waals surface area contributed by atoms with Crippen LogP contribution < -0.4 is 5.32 Å². The maximum absolute atomic E-state index is 5.28. The second-order valence-corrected chi connectivity index (χ2v) is 4.10. The van der Waals surface area contributed by atoms with Crippen molar-refractivity contribution >= 4 is 0 Å². The molecular formula is C12H17NO. The molecule has 76 valence electrons. The third-order valence-corrected chi connectivity index (χ3v) is 2.95. The lowest BCUT2D eigenvalue weighted by Crippen LogP contribution is -2.48. The molecule has 0 amide bonds. The largest absolute Gasteiger partial charge is 0.382 e. The highest BCUT2D eigenvalue weighted by Crippen LogP contribution is 2.28. The van der Waals surface area contributed by atoms with E-state index in [1.807, 2.05) is 0 Å². The zero-order valence-electron chi connectivity index (χ0n) is 8.84. The summed E-state index contributed by atoms with van der Waals surface area (Å²) in [6.07, 6.45) is 1.12. The fourth-order valence-corrected chi connectivity index (χ4v) is 2.26. The molecule has 0 radical (unpaired) electrons. The molecule has 1 atom stereocenters. The van der Waals surface area contributed by atoms with Crippen LogP contribution in [-0.2, 0) is 16.7 Å². The van der Waals surface area contributed by atoms with E-state index in [0.29, 0.717) is 0 Å². The van der Waals surface area contributed by atoms with Gasteiger partial charge in [-0.05, 0) is 24.5 Å². The number of fused-ring (bicyclic) bond motifs is 1. The molecule has 1 N–H and O–H groups in total. The Hall–Kier alpha value is -0.860. The van der Waals surface area contributed by atoms with E-state index in [-0.39, 0.29) is 5.54 Å². The highest BCUT2D eigenvalue weighted by molar-refractivity contribution is 5.35. The minimum absolute atomic E-state index is 0.0103. The number of hydrogen-bond acceptors (Lipinski definition) is 2. The molecule has 0 saturated carbocycles. The molecule has 0 aromatic heterocycles. The van der Waals surface area contributed by atoms with Crippen molar-refractivity contribution in [3.63, 3.8) is 0 Å². The standard InChI is InChI=1S/C12H17NO/c1-12(9-14-2)11-6-4-3-5-10(11)7-8-13-12/h3-6,13H,7-9H2,1-2H3. The highest BCUT2D eigenvalue weighted by Gasteiger charge is 2.30. The molecule has 1 aromatic carbocycles. The van der Waals surface area contributed by atoms with Crippen LogP contribution in [0.25, 0.3) is 0 Å². The molecule has 0 bridgehead atoms. The van der Waals surface area contributed by atoms with E-state index in [1.54, 1.807) is 7.11 Å². The van der Waals surface area contributed by atoms with Crippen molar-refractivity contribution < 1.29 is 4.74 Å². The van der Waals surface area contributed by atoms with E-state index in [0.717, 1.165) is 19.6 Å². The second-order valence-electron chi connectivity index (χ2n) is 4.10. The van der Waals surface area contributed by atoms with Crippen molar-refractivity contribution in [2.75, 3.05) is 20.3 Å². The van der Waals surface area contributed by atoms with E-state index >= 15 is 0 Å². The minimum Gasteiger partial charge on any atom is -0.382 e. The molecule has 1 heterocycles. The van der Waals surface area contributed by atoms with Gasteiger partial charge in [0.2, 0.25) is 0 Å². The first kappa shape index (κ1) is 9.69. The van der Waals surface area contributed by atoms with Gasteiger partial charge in [0.05, 0.1) is 12.1 Å². The van der Waals surface area contributed by atoms with Gasteiger partial charge in [0, 0.05) is 13.7 Å².